The van der Waals surface area contributed by atoms with Crippen molar-refractivity contribution in [3.8, 4) is 6.07 Å². The normalized spacial score (nSPS) is 11.1. The number of hydrogen-bond acceptors (Lipinski definition) is 4. The molecule has 0 unspecified atom stereocenters. The molecule has 0 atom stereocenters. The second kappa shape index (κ2) is 8.23. The Balaban J connectivity index is 1.65. The Labute approximate surface area is 163 Å². The van der Waals surface area contributed by atoms with Crippen LogP contribution in [0.4, 0.5) is 18.3 Å². The zero-order valence-electron chi connectivity index (χ0n) is 14.5. The molecule has 8 heteroatoms. The Bertz CT molecular complexity index is 1020. The summed E-state index contributed by atoms with van der Waals surface area (Å²) in [5.74, 6) is -0.338. The third-order valence-electron chi connectivity index (χ3n) is 3.91. The zero-order valence-corrected chi connectivity index (χ0v) is 15.3. The lowest BCUT2D eigenvalue weighted by atomic mass is 10.1. The number of hydrogen-bond donors (Lipinski definition) is 1. The van der Waals surface area contributed by atoms with Gasteiger partial charge < -0.3 is 0 Å². The average Bonchev–Trinajstić information content (AvgIpc) is 3.09. The molecule has 1 amide bonds. The molecule has 2 aromatic carbocycles. The van der Waals surface area contributed by atoms with E-state index in [2.05, 4.69) is 10.3 Å². The summed E-state index contributed by atoms with van der Waals surface area (Å²) >= 11 is 1.26. The van der Waals surface area contributed by atoms with E-state index in [9.17, 15) is 18.0 Å². The number of rotatable bonds is 5. The Morgan fingerprint density at radius 1 is 1.14 bits per heavy atom. The SMILES string of the molecule is N#CCc1cccc(C(=O)Nc2ncc(Cc3ccc(C(F)(F)F)cc3)s2)c1. The first kappa shape index (κ1) is 19.6. The number of thiazole rings is 1. The van der Waals surface area contributed by atoms with Gasteiger partial charge in [0.15, 0.2) is 5.13 Å². The predicted octanol–water partition coefficient (Wildman–Crippen LogP) is 5.07. The molecule has 0 saturated carbocycles. The number of halogens is 3. The molecule has 0 aliphatic rings. The Morgan fingerprint density at radius 3 is 2.57 bits per heavy atom. The van der Waals surface area contributed by atoms with Crippen molar-refractivity contribution in [3.05, 3.63) is 81.9 Å². The quantitative estimate of drug-likeness (QED) is 0.649. The summed E-state index contributed by atoms with van der Waals surface area (Å²) in [5, 5.41) is 11.8. The molecule has 0 aliphatic carbocycles. The van der Waals surface area contributed by atoms with Crippen LogP contribution in [-0.2, 0) is 19.0 Å². The number of carbonyl (C=O) groups is 1. The van der Waals surface area contributed by atoms with Crippen molar-refractivity contribution in [3.63, 3.8) is 0 Å². The Kier molecular flexibility index (Phi) is 5.76. The van der Waals surface area contributed by atoms with Crippen molar-refractivity contribution in [2.45, 2.75) is 19.0 Å². The van der Waals surface area contributed by atoms with Crippen molar-refractivity contribution in [1.29, 1.82) is 5.26 Å². The number of aromatic nitrogens is 1. The van der Waals surface area contributed by atoms with Gasteiger partial charge in [0.2, 0.25) is 0 Å². The number of carbonyl (C=O) groups excluding carboxylic acids is 1. The smallest absolute Gasteiger partial charge is 0.298 e. The highest BCUT2D eigenvalue weighted by Gasteiger charge is 2.29. The molecule has 0 saturated heterocycles. The van der Waals surface area contributed by atoms with Crippen LogP contribution in [0.15, 0.2) is 54.7 Å². The molecule has 3 rings (SSSR count). The third kappa shape index (κ3) is 4.96. The van der Waals surface area contributed by atoms with Crippen LogP contribution < -0.4 is 5.32 Å². The molecule has 4 nitrogen and oxygen atoms in total. The molecule has 142 valence electrons. The summed E-state index contributed by atoms with van der Waals surface area (Å²) in [6.45, 7) is 0. The van der Waals surface area contributed by atoms with Crippen LogP contribution in [-0.4, -0.2) is 10.9 Å². The first-order valence-corrected chi connectivity index (χ1v) is 9.05. The van der Waals surface area contributed by atoms with E-state index in [1.165, 1.54) is 23.5 Å². The van der Waals surface area contributed by atoms with Crippen molar-refractivity contribution >= 4 is 22.4 Å². The van der Waals surface area contributed by atoms with Crippen molar-refractivity contribution in [2.24, 2.45) is 0 Å². The Hall–Kier alpha value is -3.18. The summed E-state index contributed by atoms with van der Waals surface area (Å²) < 4.78 is 37.8. The maximum Gasteiger partial charge on any atom is 0.416 e. The van der Waals surface area contributed by atoms with E-state index in [-0.39, 0.29) is 12.3 Å². The van der Waals surface area contributed by atoms with Gasteiger partial charge in [-0.3, -0.25) is 10.1 Å². The summed E-state index contributed by atoms with van der Waals surface area (Å²) in [7, 11) is 0. The van der Waals surface area contributed by atoms with Gasteiger partial charge in [-0.05, 0) is 35.4 Å². The van der Waals surface area contributed by atoms with Gasteiger partial charge >= 0.3 is 6.18 Å². The number of anilines is 1. The van der Waals surface area contributed by atoms with Gasteiger partial charge in [-0.1, -0.05) is 24.3 Å². The first-order chi connectivity index (χ1) is 13.3. The lowest BCUT2D eigenvalue weighted by molar-refractivity contribution is -0.137. The highest BCUT2D eigenvalue weighted by atomic mass is 32.1. The van der Waals surface area contributed by atoms with Crippen LogP contribution in [0.2, 0.25) is 0 Å². The van der Waals surface area contributed by atoms with Gasteiger partial charge in [0, 0.05) is 23.1 Å². The minimum atomic E-state index is -4.36. The fraction of sp³-hybridized carbons (Fsp3) is 0.150. The van der Waals surface area contributed by atoms with E-state index in [0.717, 1.165) is 28.1 Å². The maximum atomic E-state index is 12.6. The van der Waals surface area contributed by atoms with E-state index >= 15 is 0 Å². The molecular formula is C20H14F3N3OS. The van der Waals surface area contributed by atoms with Crippen LogP contribution in [0.3, 0.4) is 0 Å². The fourth-order valence-electron chi connectivity index (χ4n) is 2.54. The second-order valence-electron chi connectivity index (χ2n) is 5.99. The summed E-state index contributed by atoms with van der Waals surface area (Å²) in [5.41, 5.74) is 1.20. The summed E-state index contributed by atoms with van der Waals surface area (Å²) in [4.78, 5) is 17.3. The predicted molar refractivity (Wildman–Crippen MR) is 100 cm³/mol. The largest absolute Gasteiger partial charge is 0.416 e. The van der Waals surface area contributed by atoms with Crippen LogP contribution in [0.1, 0.15) is 31.9 Å². The van der Waals surface area contributed by atoms with E-state index in [4.69, 9.17) is 5.26 Å². The highest BCUT2D eigenvalue weighted by Crippen LogP contribution is 2.30. The summed E-state index contributed by atoms with van der Waals surface area (Å²) in [6, 6.07) is 13.8. The standard InChI is InChI=1S/C20H14F3N3OS/c21-20(22,23)16-6-4-14(5-7-16)11-17-12-25-19(28-17)26-18(27)15-3-1-2-13(10-15)8-9-24/h1-7,10,12H,8,11H2,(H,25,26,27). The number of nitrogens with one attached hydrogen (secondary N) is 1. The number of nitriles is 1. The van der Waals surface area contributed by atoms with E-state index < -0.39 is 11.7 Å². The third-order valence-corrected chi connectivity index (χ3v) is 4.82. The van der Waals surface area contributed by atoms with Gasteiger partial charge in [0.25, 0.3) is 5.91 Å². The van der Waals surface area contributed by atoms with E-state index in [0.29, 0.717) is 17.1 Å². The molecule has 1 heterocycles. The fourth-order valence-corrected chi connectivity index (χ4v) is 3.38. The van der Waals surface area contributed by atoms with Crippen LogP contribution >= 0.6 is 11.3 Å². The van der Waals surface area contributed by atoms with Gasteiger partial charge in [-0.15, -0.1) is 11.3 Å². The molecular weight excluding hydrogens is 387 g/mol. The topological polar surface area (TPSA) is 65.8 Å². The van der Waals surface area contributed by atoms with Gasteiger partial charge in [0.1, 0.15) is 0 Å². The van der Waals surface area contributed by atoms with Gasteiger partial charge in [-0.2, -0.15) is 18.4 Å². The maximum absolute atomic E-state index is 12.6. The van der Waals surface area contributed by atoms with Gasteiger partial charge in [-0.25, -0.2) is 4.98 Å². The molecule has 0 aliphatic heterocycles. The molecule has 0 bridgehead atoms. The summed E-state index contributed by atoms with van der Waals surface area (Å²) in [6.07, 6.45) is -2.13. The number of alkyl halides is 3. The molecule has 1 N–H and O–H groups in total. The zero-order chi connectivity index (χ0) is 20.1. The monoisotopic (exact) mass is 401 g/mol. The molecule has 28 heavy (non-hydrogen) atoms. The van der Waals surface area contributed by atoms with Crippen molar-refractivity contribution in [2.75, 3.05) is 5.32 Å². The average molecular weight is 401 g/mol. The van der Waals surface area contributed by atoms with Crippen LogP contribution in [0.5, 0.6) is 0 Å². The minimum Gasteiger partial charge on any atom is -0.298 e. The van der Waals surface area contributed by atoms with E-state index in [1.807, 2.05) is 6.07 Å². The molecule has 0 fully saturated rings. The lowest BCUT2D eigenvalue weighted by Gasteiger charge is -2.06. The second-order valence-corrected chi connectivity index (χ2v) is 7.11. The Morgan fingerprint density at radius 2 is 1.89 bits per heavy atom. The molecule has 0 spiro atoms. The molecule has 1 aromatic heterocycles. The number of nitrogens with zero attached hydrogens (tertiary/aromatic N) is 2. The lowest BCUT2D eigenvalue weighted by Crippen LogP contribution is -2.11. The van der Waals surface area contributed by atoms with Crippen molar-refractivity contribution < 1.29 is 18.0 Å². The molecule has 3 aromatic rings. The highest BCUT2D eigenvalue weighted by molar-refractivity contribution is 7.15. The van der Waals surface area contributed by atoms with Crippen molar-refractivity contribution in [1.82, 2.24) is 4.98 Å². The van der Waals surface area contributed by atoms with E-state index in [1.54, 1.807) is 30.5 Å². The van der Waals surface area contributed by atoms with Crippen LogP contribution in [0, 0.1) is 11.3 Å². The molecule has 0 radical (unpaired) electrons. The number of benzene rings is 2. The van der Waals surface area contributed by atoms with Crippen LogP contribution in [0.25, 0.3) is 0 Å². The first-order valence-electron chi connectivity index (χ1n) is 8.23. The van der Waals surface area contributed by atoms with Gasteiger partial charge in [0.05, 0.1) is 18.1 Å². The number of amides is 1. The minimum absolute atomic E-state index is 0.218.